The maximum absolute atomic E-state index is 10.4. The van der Waals surface area contributed by atoms with Crippen molar-refractivity contribution in [2.24, 2.45) is 10.8 Å². The molecule has 1 rings (SSSR count). The van der Waals surface area contributed by atoms with Gasteiger partial charge in [0, 0.05) is 6.54 Å². The van der Waals surface area contributed by atoms with Crippen molar-refractivity contribution in [1.82, 2.24) is 5.32 Å². The third-order valence-corrected chi connectivity index (χ3v) is 3.21. The van der Waals surface area contributed by atoms with E-state index in [4.69, 9.17) is 5.11 Å². The van der Waals surface area contributed by atoms with Crippen LogP contribution in [0.2, 0.25) is 0 Å². The molecule has 0 heterocycles. The maximum atomic E-state index is 10.4. The summed E-state index contributed by atoms with van der Waals surface area (Å²) in [5, 5.41) is 11.1. The minimum absolute atomic E-state index is 0.153. The second-order valence-electron chi connectivity index (χ2n) is 5.66. The molecule has 0 aliphatic heterocycles. The van der Waals surface area contributed by atoms with Gasteiger partial charge < -0.3 is 10.4 Å². The molecule has 0 aromatic heterocycles. The predicted molar refractivity (Wildman–Crippen MR) is 56.4 cm³/mol. The first-order valence-electron chi connectivity index (χ1n) is 5.30. The lowest BCUT2D eigenvalue weighted by molar-refractivity contribution is 0.0962. The van der Waals surface area contributed by atoms with Gasteiger partial charge in [-0.25, -0.2) is 4.79 Å². The highest BCUT2D eigenvalue weighted by Gasteiger charge is 2.36. The van der Waals surface area contributed by atoms with Gasteiger partial charge >= 0.3 is 6.09 Å². The zero-order valence-electron chi connectivity index (χ0n) is 9.39. The Morgan fingerprint density at radius 3 is 2.50 bits per heavy atom. The lowest BCUT2D eigenvalue weighted by atomic mass is 9.64. The molecule has 82 valence electrons. The molecule has 0 aromatic rings. The Labute approximate surface area is 85.9 Å². The summed E-state index contributed by atoms with van der Waals surface area (Å²) in [5.41, 5.74) is 0.521. The van der Waals surface area contributed by atoms with Gasteiger partial charge in [-0.05, 0) is 30.1 Å². The minimum atomic E-state index is -0.908. The number of nitrogens with one attached hydrogen (secondary N) is 1. The van der Waals surface area contributed by atoms with E-state index < -0.39 is 6.09 Å². The Hall–Kier alpha value is -0.730. The molecule has 1 fully saturated rings. The van der Waals surface area contributed by atoms with Gasteiger partial charge in [-0.1, -0.05) is 27.2 Å². The number of rotatable bonds is 2. The van der Waals surface area contributed by atoms with Crippen molar-refractivity contribution in [2.75, 3.05) is 6.54 Å². The van der Waals surface area contributed by atoms with Crippen LogP contribution in [0.3, 0.4) is 0 Å². The molecule has 3 heteroatoms. The van der Waals surface area contributed by atoms with E-state index in [1.54, 1.807) is 0 Å². The summed E-state index contributed by atoms with van der Waals surface area (Å²) in [4.78, 5) is 10.4. The molecule has 1 atom stereocenters. The van der Waals surface area contributed by atoms with E-state index in [-0.39, 0.29) is 5.41 Å². The molecule has 0 saturated heterocycles. The van der Waals surface area contributed by atoms with E-state index in [0.717, 1.165) is 12.8 Å². The van der Waals surface area contributed by atoms with Crippen molar-refractivity contribution in [1.29, 1.82) is 0 Å². The molecule has 14 heavy (non-hydrogen) atoms. The van der Waals surface area contributed by atoms with Crippen LogP contribution < -0.4 is 5.32 Å². The fourth-order valence-corrected chi connectivity index (χ4v) is 2.77. The summed E-state index contributed by atoms with van der Waals surface area (Å²) in [6, 6.07) is 0. The normalized spacial score (nSPS) is 31.1. The SMILES string of the molecule is CC1(C)CCCC(C)(CNC(=O)O)C1. The first-order chi connectivity index (χ1) is 6.33. The minimum Gasteiger partial charge on any atom is -0.465 e. The standard InChI is InChI=1S/C11H21NO2/c1-10(2)5-4-6-11(3,7-10)8-12-9(13)14/h12H,4-8H2,1-3H3,(H,13,14). The molecule has 1 amide bonds. The molecule has 1 unspecified atom stereocenters. The molecule has 3 nitrogen and oxygen atoms in total. The highest BCUT2D eigenvalue weighted by molar-refractivity contribution is 5.64. The molecular formula is C11H21NO2. The van der Waals surface area contributed by atoms with Crippen molar-refractivity contribution in [2.45, 2.75) is 46.5 Å². The van der Waals surface area contributed by atoms with Gasteiger partial charge in [-0.3, -0.25) is 0 Å². The van der Waals surface area contributed by atoms with Gasteiger partial charge in [0.1, 0.15) is 0 Å². The van der Waals surface area contributed by atoms with Gasteiger partial charge in [0.2, 0.25) is 0 Å². The topological polar surface area (TPSA) is 49.3 Å². The molecular weight excluding hydrogens is 178 g/mol. The molecule has 0 spiro atoms. The quantitative estimate of drug-likeness (QED) is 0.718. The molecule has 1 aliphatic carbocycles. The molecule has 1 aliphatic rings. The average Bonchev–Trinajstić information content (AvgIpc) is 1.98. The van der Waals surface area contributed by atoms with Crippen LogP contribution in [0.25, 0.3) is 0 Å². The second kappa shape index (κ2) is 3.79. The first-order valence-corrected chi connectivity index (χ1v) is 5.30. The van der Waals surface area contributed by atoms with E-state index in [0.29, 0.717) is 12.0 Å². The van der Waals surface area contributed by atoms with E-state index in [2.05, 4.69) is 26.1 Å². The van der Waals surface area contributed by atoms with Crippen LogP contribution in [-0.4, -0.2) is 17.7 Å². The number of carbonyl (C=O) groups is 1. The number of amides is 1. The van der Waals surface area contributed by atoms with E-state index >= 15 is 0 Å². The number of hydrogen-bond acceptors (Lipinski definition) is 1. The molecule has 0 bridgehead atoms. The van der Waals surface area contributed by atoms with E-state index in [9.17, 15) is 4.79 Å². The zero-order chi connectivity index (χ0) is 10.8. The second-order valence-corrected chi connectivity index (χ2v) is 5.66. The van der Waals surface area contributed by atoms with Crippen LogP contribution in [0, 0.1) is 10.8 Å². The van der Waals surface area contributed by atoms with Crippen LogP contribution in [-0.2, 0) is 0 Å². The third kappa shape index (κ3) is 3.20. The summed E-state index contributed by atoms with van der Waals surface area (Å²) in [7, 11) is 0. The Bertz CT molecular complexity index is 225. The lowest BCUT2D eigenvalue weighted by Crippen LogP contribution is -2.40. The average molecular weight is 199 g/mol. The van der Waals surface area contributed by atoms with Gasteiger partial charge in [-0.2, -0.15) is 0 Å². The van der Waals surface area contributed by atoms with Gasteiger partial charge in [0.05, 0.1) is 0 Å². The Balaban J connectivity index is 2.51. The van der Waals surface area contributed by atoms with Crippen molar-refractivity contribution in [3.63, 3.8) is 0 Å². The molecule has 0 radical (unpaired) electrons. The fourth-order valence-electron chi connectivity index (χ4n) is 2.77. The van der Waals surface area contributed by atoms with Gasteiger partial charge in [-0.15, -0.1) is 0 Å². The summed E-state index contributed by atoms with van der Waals surface area (Å²) in [5.74, 6) is 0. The van der Waals surface area contributed by atoms with Crippen LogP contribution in [0.15, 0.2) is 0 Å². The van der Waals surface area contributed by atoms with Crippen LogP contribution in [0.1, 0.15) is 46.5 Å². The van der Waals surface area contributed by atoms with E-state index in [1.165, 1.54) is 12.8 Å². The van der Waals surface area contributed by atoms with Crippen molar-refractivity contribution >= 4 is 6.09 Å². The molecule has 0 aromatic carbocycles. The lowest BCUT2D eigenvalue weighted by Gasteiger charge is -2.42. The Morgan fingerprint density at radius 1 is 1.36 bits per heavy atom. The number of hydrogen-bond donors (Lipinski definition) is 2. The summed E-state index contributed by atoms with van der Waals surface area (Å²) < 4.78 is 0. The predicted octanol–water partition coefficient (Wildman–Crippen LogP) is 2.86. The van der Waals surface area contributed by atoms with Crippen molar-refractivity contribution in [3.05, 3.63) is 0 Å². The Morgan fingerprint density at radius 2 is 2.00 bits per heavy atom. The van der Waals surface area contributed by atoms with Crippen molar-refractivity contribution in [3.8, 4) is 0 Å². The summed E-state index contributed by atoms with van der Waals surface area (Å²) >= 11 is 0. The largest absolute Gasteiger partial charge is 0.465 e. The monoisotopic (exact) mass is 199 g/mol. The van der Waals surface area contributed by atoms with Gasteiger partial charge in [0.25, 0.3) is 0 Å². The third-order valence-electron chi connectivity index (χ3n) is 3.21. The zero-order valence-corrected chi connectivity index (χ0v) is 9.39. The van der Waals surface area contributed by atoms with E-state index in [1.807, 2.05) is 0 Å². The van der Waals surface area contributed by atoms with Crippen molar-refractivity contribution < 1.29 is 9.90 Å². The first kappa shape index (κ1) is 11.3. The number of carboxylic acid groups (broad SMARTS) is 1. The highest BCUT2D eigenvalue weighted by Crippen LogP contribution is 2.45. The summed E-state index contributed by atoms with van der Waals surface area (Å²) in [6.45, 7) is 7.31. The highest BCUT2D eigenvalue weighted by atomic mass is 16.4. The molecule has 2 N–H and O–H groups in total. The molecule has 1 saturated carbocycles. The van der Waals surface area contributed by atoms with Gasteiger partial charge in [0.15, 0.2) is 0 Å². The van der Waals surface area contributed by atoms with Crippen LogP contribution in [0.5, 0.6) is 0 Å². The van der Waals surface area contributed by atoms with Crippen LogP contribution in [0.4, 0.5) is 4.79 Å². The Kier molecular flexibility index (Phi) is 3.07. The van der Waals surface area contributed by atoms with Crippen LogP contribution >= 0.6 is 0 Å². The fraction of sp³-hybridized carbons (Fsp3) is 0.909. The smallest absolute Gasteiger partial charge is 0.404 e. The maximum Gasteiger partial charge on any atom is 0.404 e. The summed E-state index contributed by atoms with van der Waals surface area (Å²) in [6.07, 6.45) is 3.81.